The van der Waals surface area contributed by atoms with Crippen LogP contribution in [-0.4, -0.2) is 48.8 Å². The Labute approximate surface area is 190 Å². The Morgan fingerprint density at radius 1 is 1.28 bits per heavy atom. The molecule has 4 rings (SSSR count). The van der Waals surface area contributed by atoms with E-state index in [2.05, 4.69) is 16.3 Å². The highest BCUT2D eigenvalue weighted by molar-refractivity contribution is 7.17. The second-order valence-electron chi connectivity index (χ2n) is 7.70. The number of fused-ring (bicyclic) bond motifs is 1. The van der Waals surface area contributed by atoms with Crippen LogP contribution in [0.15, 0.2) is 34.4 Å². The van der Waals surface area contributed by atoms with E-state index in [1.807, 2.05) is 18.2 Å². The summed E-state index contributed by atoms with van der Waals surface area (Å²) < 4.78 is 7.08. The second-order valence-corrected chi connectivity index (χ2v) is 8.58. The molecule has 32 heavy (non-hydrogen) atoms. The van der Waals surface area contributed by atoms with E-state index < -0.39 is 0 Å². The minimum absolute atomic E-state index is 0.191. The van der Waals surface area contributed by atoms with Gasteiger partial charge in [-0.2, -0.15) is 5.26 Å². The lowest BCUT2D eigenvalue weighted by atomic mass is 10.1. The quantitative estimate of drug-likeness (QED) is 0.555. The monoisotopic (exact) mass is 451 g/mol. The molecule has 166 valence electrons. The lowest BCUT2D eigenvalue weighted by molar-refractivity contribution is 0.0939. The number of amides is 1. The van der Waals surface area contributed by atoms with Crippen LogP contribution in [0.1, 0.15) is 40.7 Å². The summed E-state index contributed by atoms with van der Waals surface area (Å²) in [5, 5.41) is 14.0. The number of anilines is 1. The zero-order valence-electron chi connectivity index (χ0n) is 18.0. The van der Waals surface area contributed by atoms with Crippen molar-refractivity contribution in [2.75, 3.05) is 38.3 Å². The van der Waals surface area contributed by atoms with Gasteiger partial charge in [0.1, 0.15) is 10.2 Å². The van der Waals surface area contributed by atoms with E-state index in [1.165, 1.54) is 11.3 Å². The third-order valence-corrected chi connectivity index (χ3v) is 6.56. The Morgan fingerprint density at radius 2 is 2.06 bits per heavy atom. The Bertz CT molecular complexity index is 1220. The molecule has 0 unspecified atom stereocenters. The number of nitriles is 1. The molecule has 2 aromatic heterocycles. The standard InChI is InChI=1S/C23H25N5O3S/c1-31-12-9-25-21(29)18-15-32-20-19(18)26-23(27-10-5-2-6-11-27)28(22(20)30)14-17-8-4-3-7-16(17)13-24/h3-4,7-8,15H,2,5-6,9-12,14H2,1H3,(H,25,29). The van der Waals surface area contributed by atoms with Gasteiger partial charge in [-0.25, -0.2) is 4.98 Å². The minimum Gasteiger partial charge on any atom is -0.383 e. The number of carbonyl (C=O) groups is 1. The number of piperidine rings is 1. The van der Waals surface area contributed by atoms with Gasteiger partial charge in [-0.3, -0.25) is 14.2 Å². The maximum absolute atomic E-state index is 13.6. The summed E-state index contributed by atoms with van der Waals surface area (Å²) in [4.78, 5) is 33.2. The number of ether oxygens (including phenoxy) is 1. The van der Waals surface area contributed by atoms with E-state index in [0.717, 1.165) is 37.9 Å². The normalized spacial score (nSPS) is 13.8. The molecule has 0 aliphatic carbocycles. The van der Waals surface area contributed by atoms with Crippen molar-refractivity contribution in [3.05, 3.63) is 56.7 Å². The Hall–Kier alpha value is -3.22. The van der Waals surface area contributed by atoms with Crippen molar-refractivity contribution >= 4 is 33.4 Å². The largest absolute Gasteiger partial charge is 0.383 e. The lowest BCUT2D eigenvalue weighted by Crippen LogP contribution is -2.36. The first-order valence-electron chi connectivity index (χ1n) is 10.7. The summed E-state index contributed by atoms with van der Waals surface area (Å²) >= 11 is 1.23. The van der Waals surface area contributed by atoms with Gasteiger partial charge in [0, 0.05) is 32.1 Å². The van der Waals surface area contributed by atoms with Crippen molar-refractivity contribution < 1.29 is 9.53 Å². The molecule has 1 aliphatic heterocycles. The topological polar surface area (TPSA) is 100 Å². The number of carbonyl (C=O) groups excluding carboxylic acids is 1. The fraction of sp³-hybridized carbons (Fsp3) is 0.391. The van der Waals surface area contributed by atoms with Crippen LogP contribution >= 0.6 is 11.3 Å². The predicted octanol–water partition coefficient (Wildman–Crippen LogP) is 2.74. The van der Waals surface area contributed by atoms with Crippen LogP contribution in [0.25, 0.3) is 10.2 Å². The fourth-order valence-corrected chi connectivity index (χ4v) is 4.86. The van der Waals surface area contributed by atoms with Crippen LogP contribution in [0.5, 0.6) is 0 Å². The number of hydrogen-bond donors (Lipinski definition) is 1. The molecule has 0 saturated carbocycles. The van der Waals surface area contributed by atoms with Crippen LogP contribution in [0.3, 0.4) is 0 Å². The van der Waals surface area contributed by atoms with E-state index in [4.69, 9.17) is 9.72 Å². The average molecular weight is 452 g/mol. The number of thiophene rings is 1. The molecule has 0 bridgehead atoms. The first kappa shape index (κ1) is 22.0. The third kappa shape index (κ3) is 4.38. The van der Waals surface area contributed by atoms with E-state index >= 15 is 0 Å². The molecule has 1 aromatic carbocycles. The molecule has 1 amide bonds. The molecule has 1 N–H and O–H groups in total. The maximum atomic E-state index is 13.6. The Morgan fingerprint density at radius 3 is 2.81 bits per heavy atom. The molecule has 3 aromatic rings. The highest BCUT2D eigenvalue weighted by Crippen LogP contribution is 2.26. The number of aromatic nitrogens is 2. The number of rotatable bonds is 7. The summed E-state index contributed by atoms with van der Waals surface area (Å²) in [5.74, 6) is 0.289. The molecule has 0 spiro atoms. The van der Waals surface area contributed by atoms with E-state index in [0.29, 0.717) is 40.4 Å². The van der Waals surface area contributed by atoms with Crippen molar-refractivity contribution in [3.63, 3.8) is 0 Å². The van der Waals surface area contributed by atoms with Crippen molar-refractivity contribution in [2.24, 2.45) is 0 Å². The summed E-state index contributed by atoms with van der Waals surface area (Å²) in [6.45, 7) is 2.65. The van der Waals surface area contributed by atoms with Gasteiger partial charge in [0.25, 0.3) is 11.5 Å². The van der Waals surface area contributed by atoms with Gasteiger partial charge in [0.2, 0.25) is 5.95 Å². The van der Waals surface area contributed by atoms with Gasteiger partial charge in [0.15, 0.2) is 0 Å². The SMILES string of the molecule is COCCNC(=O)c1csc2c(=O)n(Cc3ccccc3C#N)c(N3CCCCC3)nc12. The van der Waals surface area contributed by atoms with Gasteiger partial charge in [0.05, 0.1) is 30.3 Å². The van der Waals surface area contributed by atoms with Gasteiger partial charge in [-0.05, 0) is 30.9 Å². The Balaban J connectivity index is 1.82. The molecule has 0 atom stereocenters. The molecular formula is C23H25N5O3S. The van der Waals surface area contributed by atoms with Gasteiger partial charge < -0.3 is 15.0 Å². The first-order chi connectivity index (χ1) is 15.6. The molecule has 1 saturated heterocycles. The lowest BCUT2D eigenvalue weighted by Gasteiger charge is -2.29. The van der Waals surface area contributed by atoms with Crippen molar-refractivity contribution in [3.8, 4) is 6.07 Å². The molecule has 9 heteroatoms. The summed E-state index contributed by atoms with van der Waals surface area (Å²) in [5.41, 5.74) is 1.95. The predicted molar refractivity (Wildman–Crippen MR) is 124 cm³/mol. The van der Waals surface area contributed by atoms with Gasteiger partial charge in [-0.1, -0.05) is 18.2 Å². The number of benzene rings is 1. The van der Waals surface area contributed by atoms with Crippen molar-refractivity contribution in [1.29, 1.82) is 5.26 Å². The van der Waals surface area contributed by atoms with Crippen LogP contribution in [0.4, 0.5) is 5.95 Å². The van der Waals surface area contributed by atoms with Crippen LogP contribution < -0.4 is 15.8 Å². The zero-order valence-corrected chi connectivity index (χ0v) is 18.8. The summed E-state index contributed by atoms with van der Waals surface area (Å²) in [6.07, 6.45) is 3.19. The molecule has 3 heterocycles. The molecular weight excluding hydrogens is 426 g/mol. The van der Waals surface area contributed by atoms with Crippen LogP contribution in [0.2, 0.25) is 0 Å². The average Bonchev–Trinajstić information content (AvgIpc) is 3.26. The van der Waals surface area contributed by atoms with Gasteiger partial charge >= 0.3 is 0 Å². The number of hydrogen-bond acceptors (Lipinski definition) is 7. The van der Waals surface area contributed by atoms with E-state index in [-0.39, 0.29) is 18.0 Å². The zero-order chi connectivity index (χ0) is 22.5. The fourth-order valence-electron chi connectivity index (χ4n) is 3.93. The Kier molecular flexibility index (Phi) is 6.83. The number of nitrogens with zero attached hydrogens (tertiary/aromatic N) is 4. The summed E-state index contributed by atoms with van der Waals surface area (Å²) in [6, 6.07) is 9.49. The first-order valence-corrected chi connectivity index (χ1v) is 11.5. The van der Waals surface area contributed by atoms with Gasteiger partial charge in [-0.15, -0.1) is 11.3 Å². The van der Waals surface area contributed by atoms with Crippen LogP contribution in [0, 0.1) is 11.3 Å². The number of nitrogens with one attached hydrogen (secondary N) is 1. The van der Waals surface area contributed by atoms with Crippen LogP contribution in [-0.2, 0) is 11.3 Å². The third-order valence-electron chi connectivity index (χ3n) is 5.60. The highest BCUT2D eigenvalue weighted by atomic mass is 32.1. The van der Waals surface area contributed by atoms with E-state index in [1.54, 1.807) is 23.1 Å². The molecule has 8 nitrogen and oxygen atoms in total. The smallest absolute Gasteiger partial charge is 0.273 e. The number of methoxy groups -OCH3 is 1. The second kappa shape index (κ2) is 9.94. The van der Waals surface area contributed by atoms with Crippen molar-refractivity contribution in [1.82, 2.24) is 14.9 Å². The maximum Gasteiger partial charge on any atom is 0.273 e. The summed E-state index contributed by atoms with van der Waals surface area (Å²) in [7, 11) is 1.57. The minimum atomic E-state index is -0.266. The molecule has 0 radical (unpaired) electrons. The van der Waals surface area contributed by atoms with Crippen molar-refractivity contribution in [2.45, 2.75) is 25.8 Å². The molecule has 1 aliphatic rings. The highest BCUT2D eigenvalue weighted by Gasteiger charge is 2.23. The molecule has 1 fully saturated rings. The van der Waals surface area contributed by atoms with E-state index in [9.17, 15) is 14.9 Å².